The summed E-state index contributed by atoms with van der Waals surface area (Å²) in [5.41, 5.74) is 5.14. The molecule has 3 unspecified atom stereocenters. The molecule has 1 aliphatic rings. The lowest BCUT2D eigenvalue weighted by molar-refractivity contribution is -0.171. The van der Waals surface area contributed by atoms with Gasteiger partial charge in [-0.3, -0.25) is 4.79 Å². The van der Waals surface area contributed by atoms with Crippen LogP contribution < -0.4 is 15.8 Å². The molecule has 0 heterocycles. The van der Waals surface area contributed by atoms with Gasteiger partial charge >= 0.3 is 0 Å². The van der Waals surface area contributed by atoms with E-state index in [1.807, 2.05) is 20.8 Å². The van der Waals surface area contributed by atoms with E-state index in [9.17, 15) is 9.18 Å². The molecule has 0 saturated heterocycles. The Kier molecular flexibility index (Phi) is 6.84. The first-order valence-electron chi connectivity index (χ1n) is 8.22. The average Bonchev–Trinajstić information content (AvgIpc) is 2.53. The summed E-state index contributed by atoms with van der Waals surface area (Å²) in [6.45, 7) is 8.05. The predicted molar refractivity (Wildman–Crippen MR) is 97.5 cm³/mol. The van der Waals surface area contributed by atoms with Crippen molar-refractivity contribution in [3.8, 4) is 5.75 Å². The molecule has 1 amide bonds. The summed E-state index contributed by atoms with van der Waals surface area (Å²) < 4.78 is 25.0. The summed E-state index contributed by atoms with van der Waals surface area (Å²) in [7, 11) is 1.47. The number of hydrogen-bond acceptors (Lipinski definition) is 4. The smallest absolute Gasteiger partial charge is 0.241 e. The van der Waals surface area contributed by atoms with Gasteiger partial charge < -0.3 is 20.5 Å². The molecule has 2 rings (SSSR count). The molecule has 3 atom stereocenters. The van der Waals surface area contributed by atoms with Crippen molar-refractivity contribution >= 4 is 18.3 Å². The minimum absolute atomic E-state index is 0. The van der Waals surface area contributed by atoms with Gasteiger partial charge in [0.1, 0.15) is 17.1 Å². The van der Waals surface area contributed by atoms with Gasteiger partial charge in [0, 0.05) is 18.4 Å². The van der Waals surface area contributed by atoms with Crippen LogP contribution in [0.15, 0.2) is 18.2 Å². The highest BCUT2D eigenvalue weighted by Gasteiger charge is 2.63. The molecule has 1 aliphatic carbocycles. The van der Waals surface area contributed by atoms with Gasteiger partial charge in [-0.15, -0.1) is 12.4 Å². The molecule has 25 heavy (non-hydrogen) atoms. The van der Waals surface area contributed by atoms with Crippen LogP contribution in [-0.4, -0.2) is 31.3 Å². The molecule has 1 aromatic carbocycles. The topological polar surface area (TPSA) is 73.6 Å². The molecule has 3 N–H and O–H groups in total. The normalized spacial score (nSPS) is 25.3. The van der Waals surface area contributed by atoms with Crippen LogP contribution >= 0.6 is 12.4 Å². The maximum atomic E-state index is 14.2. The van der Waals surface area contributed by atoms with E-state index < -0.39 is 22.8 Å². The van der Waals surface area contributed by atoms with E-state index >= 15 is 0 Å². The third kappa shape index (κ3) is 3.61. The van der Waals surface area contributed by atoms with Crippen molar-refractivity contribution in [1.82, 2.24) is 5.32 Å². The largest absolute Gasteiger partial charge is 0.496 e. The number of ether oxygens (including phenoxy) is 2. The molecule has 7 heteroatoms. The third-order valence-electron chi connectivity index (χ3n) is 5.25. The first-order chi connectivity index (χ1) is 11.2. The number of rotatable bonds is 6. The number of hydrogen-bond donors (Lipinski definition) is 2. The fraction of sp³-hybridized carbons (Fsp3) is 0.611. The number of halogens is 2. The van der Waals surface area contributed by atoms with Gasteiger partial charge in [0.2, 0.25) is 5.91 Å². The number of carbonyl (C=O) groups is 1. The van der Waals surface area contributed by atoms with Crippen LogP contribution in [0, 0.1) is 11.2 Å². The molecular formula is C18H28ClFN2O3. The van der Waals surface area contributed by atoms with Gasteiger partial charge in [-0.2, -0.15) is 0 Å². The van der Waals surface area contributed by atoms with Gasteiger partial charge in [0.05, 0.1) is 24.8 Å². The summed E-state index contributed by atoms with van der Waals surface area (Å²) in [5, 5.41) is 2.83. The zero-order valence-corrected chi connectivity index (χ0v) is 16.2. The fourth-order valence-electron chi connectivity index (χ4n) is 3.33. The van der Waals surface area contributed by atoms with E-state index in [2.05, 4.69) is 5.32 Å². The second-order valence-electron chi connectivity index (χ2n) is 6.89. The van der Waals surface area contributed by atoms with Gasteiger partial charge in [0.25, 0.3) is 0 Å². The van der Waals surface area contributed by atoms with Gasteiger partial charge in [-0.05, 0) is 26.0 Å². The van der Waals surface area contributed by atoms with E-state index in [0.717, 1.165) is 0 Å². The van der Waals surface area contributed by atoms with Crippen molar-refractivity contribution in [3.05, 3.63) is 29.6 Å². The van der Waals surface area contributed by atoms with Crippen LogP contribution in [0.4, 0.5) is 4.39 Å². The van der Waals surface area contributed by atoms with Crippen LogP contribution in [0.3, 0.4) is 0 Å². The van der Waals surface area contributed by atoms with Crippen LogP contribution in [0.25, 0.3) is 0 Å². The lowest BCUT2D eigenvalue weighted by atomic mass is 9.54. The Morgan fingerprint density at radius 3 is 2.64 bits per heavy atom. The molecule has 0 spiro atoms. The van der Waals surface area contributed by atoms with Crippen LogP contribution in [-0.2, 0) is 9.53 Å². The lowest BCUT2D eigenvalue weighted by Gasteiger charge is -2.57. The first kappa shape index (κ1) is 21.7. The van der Waals surface area contributed by atoms with Crippen molar-refractivity contribution in [3.63, 3.8) is 0 Å². The molecule has 1 saturated carbocycles. The molecular weight excluding hydrogens is 347 g/mol. The zero-order chi connectivity index (χ0) is 18.1. The molecule has 0 bridgehead atoms. The number of methoxy groups -OCH3 is 1. The summed E-state index contributed by atoms with van der Waals surface area (Å²) in [5.74, 6) is -0.330. The Morgan fingerprint density at radius 2 is 2.12 bits per heavy atom. The van der Waals surface area contributed by atoms with Crippen molar-refractivity contribution in [2.45, 2.75) is 51.8 Å². The van der Waals surface area contributed by atoms with E-state index in [0.29, 0.717) is 24.3 Å². The van der Waals surface area contributed by atoms with E-state index in [1.54, 1.807) is 19.1 Å². The third-order valence-corrected chi connectivity index (χ3v) is 5.25. The monoisotopic (exact) mass is 374 g/mol. The first-order valence-corrected chi connectivity index (χ1v) is 8.22. The SMILES string of the molecule is CCOC1CC(N)(C(=O)NC(C)c2c(F)cccc2OC)C1(C)C.Cl. The highest BCUT2D eigenvalue weighted by atomic mass is 35.5. The second-order valence-corrected chi connectivity index (χ2v) is 6.89. The van der Waals surface area contributed by atoms with E-state index in [4.69, 9.17) is 15.2 Å². The zero-order valence-electron chi connectivity index (χ0n) is 15.4. The van der Waals surface area contributed by atoms with Crippen molar-refractivity contribution in [2.75, 3.05) is 13.7 Å². The minimum atomic E-state index is -1.04. The number of nitrogens with two attached hydrogens (primary N) is 1. The summed E-state index contributed by atoms with van der Waals surface area (Å²) in [4.78, 5) is 12.8. The van der Waals surface area contributed by atoms with Gasteiger partial charge in [-0.1, -0.05) is 19.9 Å². The minimum Gasteiger partial charge on any atom is -0.496 e. The Morgan fingerprint density at radius 1 is 1.48 bits per heavy atom. The van der Waals surface area contributed by atoms with Crippen LogP contribution in [0.2, 0.25) is 0 Å². The molecule has 1 fully saturated rings. The number of benzene rings is 1. The summed E-state index contributed by atoms with van der Waals surface area (Å²) in [6.07, 6.45) is 0.386. The standard InChI is InChI=1S/C18H27FN2O3.ClH/c1-6-24-14-10-18(20,17(14,3)4)16(22)21-11(2)15-12(19)8-7-9-13(15)23-5;/h7-9,11,14H,6,10,20H2,1-5H3,(H,21,22);1H. The van der Waals surface area contributed by atoms with Crippen molar-refractivity contribution in [1.29, 1.82) is 0 Å². The Balaban J connectivity index is 0.00000312. The highest BCUT2D eigenvalue weighted by Crippen LogP contribution is 2.50. The lowest BCUT2D eigenvalue weighted by Crippen LogP contribution is -2.75. The van der Waals surface area contributed by atoms with Crippen molar-refractivity contribution in [2.24, 2.45) is 11.1 Å². The predicted octanol–water partition coefficient (Wildman–Crippen LogP) is 2.97. The quantitative estimate of drug-likeness (QED) is 0.802. The molecule has 0 aliphatic heterocycles. The van der Waals surface area contributed by atoms with Crippen molar-refractivity contribution < 1.29 is 18.7 Å². The van der Waals surface area contributed by atoms with Crippen LogP contribution in [0.5, 0.6) is 5.75 Å². The summed E-state index contributed by atoms with van der Waals surface area (Å²) in [6, 6.07) is 4.02. The van der Waals surface area contributed by atoms with E-state index in [1.165, 1.54) is 13.2 Å². The fourth-order valence-corrected chi connectivity index (χ4v) is 3.33. The number of carbonyl (C=O) groups excluding carboxylic acids is 1. The van der Waals surface area contributed by atoms with E-state index in [-0.39, 0.29) is 24.4 Å². The maximum Gasteiger partial charge on any atom is 0.241 e. The maximum absolute atomic E-state index is 14.2. The molecule has 142 valence electrons. The number of amides is 1. The highest BCUT2D eigenvalue weighted by molar-refractivity contribution is 5.89. The second kappa shape index (κ2) is 7.89. The number of nitrogens with one attached hydrogen (secondary N) is 1. The molecule has 0 aromatic heterocycles. The molecule has 1 aromatic rings. The molecule has 5 nitrogen and oxygen atoms in total. The van der Waals surface area contributed by atoms with Crippen LogP contribution in [0.1, 0.15) is 45.7 Å². The molecule has 0 radical (unpaired) electrons. The van der Waals surface area contributed by atoms with Gasteiger partial charge in [0.15, 0.2) is 0 Å². The Bertz CT molecular complexity index is 626. The average molecular weight is 375 g/mol. The van der Waals surface area contributed by atoms with Gasteiger partial charge in [-0.25, -0.2) is 4.39 Å². The summed E-state index contributed by atoms with van der Waals surface area (Å²) >= 11 is 0. The Labute approximate surface area is 154 Å². The Hall–Kier alpha value is -1.37.